The number of carbonyl (C=O) groups is 1. The molecule has 25 heavy (non-hydrogen) atoms. The summed E-state index contributed by atoms with van der Waals surface area (Å²) >= 11 is 0. The van der Waals surface area contributed by atoms with Crippen LogP contribution >= 0.6 is 0 Å². The van der Waals surface area contributed by atoms with Crippen molar-refractivity contribution in [2.45, 2.75) is 118 Å². The Morgan fingerprint density at radius 1 is 1.00 bits per heavy atom. The first kappa shape index (κ1) is 26.4. The van der Waals surface area contributed by atoms with Crippen molar-refractivity contribution in [3.05, 3.63) is 12.2 Å². The van der Waals surface area contributed by atoms with Crippen molar-refractivity contribution >= 4 is 5.97 Å². The van der Waals surface area contributed by atoms with Crippen LogP contribution in [-0.4, -0.2) is 24.8 Å². The fourth-order valence-corrected chi connectivity index (χ4v) is 2.32. The summed E-state index contributed by atoms with van der Waals surface area (Å²) in [5.41, 5.74) is 0. The first-order valence-corrected chi connectivity index (χ1v) is 10.4. The van der Waals surface area contributed by atoms with Crippen LogP contribution in [-0.2, 0) is 14.3 Å². The molecule has 0 bridgehead atoms. The summed E-state index contributed by atoms with van der Waals surface area (Å²) in [6.45, 7) is 13.0. The topological polar surface area (TPSA) is 35.5 Å². The van der Waals surface area contributed by atoms with E-state index in [-0.39, 0.29) is 12.1 Å². The Kier molecular flexibility index (Phi) is 22.4. The van der Waals surface area contributed by atoms with Crippen LogP contribution in [0.2, 0.25) is 0 Å². The molecule has 1 saturated heterocycles. The molecule has 3 nitrogen and oxygen atoms in total. The van der Waals surface area contributed by atoms with E-state index in [2.05, 4.69) is 27.7 Å². The standard InChI is InChI=1S/C15H28O3.C4H8.C3H8/c1-3-4-5-6-7-8-9-15(16)17-12-14-11-10-13(2)18-14;1-3-4-2;1-3-2/h13-14H,3-12H2,1-2H3;3-4H,1-2H3;3H2,1-2H3/b;4-3-;. The van der Waals surface area contributed by atoms with E-state index in [0.29, 0.717) is 19.1 Å². The fourth-order valence-electron chi connectivity index (χ4n) is 2.32. The lowest BCUT2D eigenvalue weighted by Crippen LogP contribution is -2.18. The zero-order valence-corrected chi connectivity index (χ0v) is 17.8. The van der Waals surface area contributed by atoms with E-state index in [0.717, 1.165) is 25.7 Å². The Morgan fingerprint density at radius 2 is 1.56 bits per heavy atom. The van der Waals surface area contributed by atoms with Crippen LogP contribution in [0, 0.1) is 0 Å². The third kappa shape index (κ3) is 21.1. The van der Waals surface area contributed by atoms with Gasteiger partial charge in [0.1, 0.15) is 6.61 Å². The van der Waals surface area contributed by atoms with Crippen molar-refractivity contribution in [3.63, 3.8) is 0 Å². The van der Waals surface area contributed by atoms with Gasteiger partial charge in [0.2, 0.25) is 0 Å². The maximum absolute atomic E-state index is 11.5. The molecule has 1 aliphatic heterocycles. The maximum Gasteiger partial charge on any atom is 0.305 e. The molecule has 3 heteroatoms. The van der Waals surface area contributed by atoms with Gasteiger partial charge in [0.05, 0.1) is 12.2 Å². The summed E-state index contributed by atoms with van der Waals surface area (Å²) in [4.78, 5) is 11.5. The average molecular weight is 357 g/mol. The number of esters is 1. The Labute approximate surface area is 157 Å². The van der Waals surface area contributed by atoms with Crippen molar-refractivity contribution in [3.8, 4) is 0 Å². The van der Waals surface area contributed by atoms with Gasteiger partial charge in [-0.2, -0.15) is 0 Å². The van der Waals surface area contributed by atoms with E-state index in [1.54, 1.807) is 0 Å². The maximum atomic E-state index is 11.5. The number of carbonyl (C=O) groups excluding carboxylic acids is 1. The predicted octanol–water partition coefficient (Wildman–Crippen LogP) is 6.85. The van der Waals surface area contributed by atoms with E-state index >= 15 is 0 Å². The highest BCUT2D eigenvalue weighted by molar-refractivity contribution is 5.69. The molecule has 150 valence electrons. The molecule has 0 aromatic heterocycles. The highest BCUT2D eigenvalue weighted by Gasteiger charge is 2.22. The quantitative estimate of drug-likeness (QED) is 0.257. The Hall–Kier alpha value is -0.830. The summed E-state index contributed by atoms with van der Waals surface area (Å²) < 4.78 is 10.8. The number of hydrogen-bond donors (Lipinski definition) is 0. The lowest BCUT2D eigenvalue weighted by molar-refractivity contribution is -0.147. The number of hydrogen-bond acceptors (Lipinski definition) is 3. The second kappa shape index (κ2) is 21.2. The van der Waals surface area contributed by atoms with E-state index in [9.17, 15) is 4.79 Å². The van der Waals surface area contributed by atoms with E-state index in [1.165, 1.54) is 32.1 Å². The van der Waals surface area contributed by atoms with Crippen molar-refractivity contribution in [1.29, 1.82) is 0 Å². The first-order valence-electron chi connectivity index (χ1n) is 10.4. The first-order chi connectivity index (χ1) is 12.0. The molecule has 1 heterocycles. The molecule has 0 N–H and O–H groups in total. The van der Waals surface area contributed by atoms with Gasteiger partial charge in [0, 0.05) is 6.42 Å². The summed E-state index contributed by atoms with van der Waals surface area (Å²) in [6.07, 6.45) is 15.6. The molecule has 0 radical (unpaired) electrons. The zero-order valence-electron chi connectivity index (χ0n) is 17.8. The van der Waals surface area contributed by atoms with Crippen molar-refractivity contribution in [1.82, 2.24) is 0 Å². The Bertz CT molecular complexity index is 296. The van der Waals surface area contributed by atoms with Crippen LogP contribution in [0.5, 0.6) is 0 Å². The van der Waals surface area contributed by atoms with Crippen molar-refractivity contribution < 1.29 is 14.3 Å². The molecule has 0 spiro atoms. The minimum atomic E-state index is -0.0614. The van der Waals surface area contributed by atoms with E-state index in [4.69, 9.17) is 9.47 Å². The van der Waals surface area contributed by atoms with E-state index < -0.39 is 0 Å². The van der Waals surface area contributed by atoms with Crippen molar-refractivity contribution in [2.24, 2.45) is 0 Å². The molecular formula is C22H44O3. The normalized spacial score (nSPS) is 19.0. The third-order valence-corrected chi connectivity index (χ3v) is 3.82. The third-order valence-electron chi connectivity index (χ3n) is 3.82. The lowest BCUT2D eigenvalue weighted by atomic mass is 10.1. The Balaban J connectivity index is 0. The van der Waals surface area contributed by atoms with Crippen LogP contribution in [0.25, 0.3) is 0 Å². The second-order valence-electron chi connectivity index (χ2n) is 6.72. The van der Waals surface area contributed by atoms with Gasteiger partial charge in [-0.15, -0.1) is 0 Å². The lowest BCUT2D eigenvalue weighted by Gasteiger charge is -2.11. The van der Waals surface area contributed by atoms with Crippen LogP contribution in [0.15, 0.2) is 12.2 Å². The van der Waals surface area contributed by atoms with Gasteiger partial charge in [0.15, 0.2) is 0 Å². The summed E-state index contributed by atoms with van der Waals surface area (Å²) in [5, 5.41) is 0. The van der Waals surface area contributed by atoms with Gasteiger partial charge in [0.25, 0.3) is 0 Å². The molecule has 0 aromatic rings. The minimum Gasteiger partial charge on any atom is -0.463 e. The molecule has 1 aliphatic rings. The van der Waals surface area contributed by atoms with Gasteiger partial charge in [-0.25, -0.2) is 0 Å². The monoisotopic (exact) mass is 356 g/mol. The van der Waals surface area contributed by atoms with Crippen LogP contribution in [0.1, 0.15) is 106 Å². The molecule has 2 atom stereocenters. The number of allylic oxidation sites excluding steroid dienone is 2. The highest BCUT2D eigenvalue weighted by atomic mass is 16.6. The van der Waals surface area contributed by atoms with Gasteiger partial charge >= 0.3 is 5.97 Å². The molecule has 1 rings (SSSR count). The molecule has 0 aromatic carbocycles. The minimum absolute atomic E-state index is 0.0614. The van der Waals surface area contributed by atoms with Gasteiger partial charge in [-0.1, -0.05) is 71.4 Å². The van der Waals surface area contributed by atoms with Gasteiger partial charge in [-0.05, 0) is 40.0 Å². The molecule has 0 aliphatic carbocycles. The summed E-state index contributed by atoms with van der Waals surface area (Å²) in [6, 6.07) is 0. The molecule has 1 fully saturated rings. The molecular weight excluding hydrogens is 312 g/mol. The van der Waals surface area contributed by atoms with Crippen molar-refractivity contribution in [2.75, 3.05) is 6.61 Å². The highest BCUT2D eigenvalue weighted by Crippen LogP contribution is 2.19. The van der Waals surface area contributed by atoms with Gasteiger partial charge in [-0.3, -0.25) is 4.79 Å². The Morgan fingerprint density at radius 3 is 2.04 bits per heavy atom. The molecule has 2 unspecified atom stereocenters. The number of unbranched alkanes of at least 4 members (excludes halogenated alkanes) is 5. The van der Waals surface area contributed by atoms with Crippen LogP contribution in [0.3, 0.4) is 0 Å². The van der Waals surface area contributed by atoms with E-state index in [1.807, 2.05) is 26.0 Å². The predicted molar refractivity (Wildman–Crippen MR) is 109 cm³/mol. The average Bonchev–Trinajstić information content (AvgIpc) is 3.02. The fraction of sp³-hybridized carbons (Fsp3) is 0.864. The van der Waals surface area contributed by atoms with Crippen LogP contribution in [0.4, 0.5) is 0 Å². The summed E-state index contributed by atoms with van der Waals surface area (Å²) in [7, 11) is 0. The second-order valence-corrected chi connectivity index (χ2v) is 6.72. The molecule has 0 saturated carbocycles. The van der Waals surface area contributed by atoms with Gasteiger partial charge < -0.3 is 9.47 Å². The number of ether oxygens (including phenoxy) is 2. The molecule has 0 amide bonds. The summed E-state index contributed by atoms with van der Waals surface area (Å²) in [5.74, 6) is -0.0614. The zero-order chi connectivity index (χ0) is 19.3. The SMILES string of the molecule is C/C=C\C.CCC.CCCCCCCCC(=O)OCC1CCC(C)O1. The smallest absolute Gasteiger partial charge is 0.305 e. The van der Waals surface area contributed by atoms with Crippen LogP contribution < -0.4 is 0 Å². The number of rotatable bonds is 9. The largest absolute Gasteiger partial charge is 0.463 e.